The largest absolute Gasteiger partial charge is 0.369 e. The molecule has 1 heterocycles. The second-order valence-corrected chi connectivity index (χ2v) is 5.81. The van der Waals surface area contributed by atoms with Gasteiger partial charge < -0.3 is 10.6 Å². The summed E-state index contributed by atoms with van der Waals surface area (Å²) < 4.78 is 0. The molecule has 22 heavy (non-hydrogen) atoms. The third-order valence-corrected chi connectivity index (χ3v) is 3.34. The van der Waals surface area contributed by atoms with Gasteiger partial charge in [0.1, 0.15) is 11.5 Å². The molecular formula is C17H22N4O. The lowest BCUT2D eigenvalue weighted by molar-refractivity contribution is 0.102. The number of aryl methyl sites for hydroxylation is 2. The number of nitrogens with zero attached hydrogens (tertiary/aromatic N) is 2. The molecule has 0 unspecified atom stereocenters. The van der Waals surface area contributed by atoms with Gasteiger partial charge in [-0.3, -0.25) is 4.79 Å². The number of rotatable bonds is 5. The predicted molar refractivity (Wildman–Crippen MR) is 89.2 cm³/mol. The molecule has 0 saturated carbocycles. The Kier molecular flexibility index (Phi) is 5.09. The summed E-state index contributed by atoms with van der Waals surface area (Å²) in [4.78, 5) is 20.5. The fourth-order valence-electron chi connectivity index (χ4n) is 1.86. The lowest BCUT2D eigenvalue weighted by atomic mass is 10.1. The molecule has 0 bridgehead atoms. The number of hydrogen-bond donors (Lipinski definition) is 2. The maximum absolute atomic E-state index is 12.2. The SMILES string of the molecule is Cc1ccc(NC(=O)c2cnc(NCC(C)C)cn2)cc1C. The zero-order valence-electron chi connectivity index (χ0n) is 13.5. The highest BCUT2D eigenvalue weighted by atomic mass is 16.1. The Morgan fingerprint density at radius 1 is 1.14 bits per heavy atom. The molecule has 2 rings (SSSR count). The van der Waals surface area contributed by atoms with Crippen LogP contribution in [0.3, 0.4) is 0 Å². The van der Waals surface area contributed by atoms with Gasteiger partial charge in [0.25, 0.3) is 5.91 Å². The summed E-state index contributed by atoms with van der Waals surface area (Å²) in [6, 6.07) is 5.81. The Morgan fingerprint density at radius 3 is 2.50 bits per heavy atom. The lowest BCUT2D eigenvalue weighted by Gasteiger charge is -2.09. The average molecular weight is 298 g/mol. The van der Waals surface area contributed by atoms with E-state index in [0.717, 1.165) is 17.8 Å². The summed E-state index contributed by atoms with van der Waals surface area (Å²) in [7, 11) is 0. The van der Waals surface area contributed by atoms with Crippen LogP contribution in [-0.4, -0.2) is 22.4 Å². The summed E-state index contributed by atoms with van der Waals surface area (Å²) >= 11 is 0. The van der Waals surface area contributed by atoms with Gasteiger partial charge in [0, 0.05) is 12.2 Å². The van der Waals surface area contributed by atoms with E-state index < -0.39 is 0 Å². The van der Waals surface area contributed by atoms with E-state index >= 15 is 0 Å². The van der Waals surface area contributed by atoms with E-state index in [4.69, 9.17) is 0 Å². The second-order valence-electron chi connectivity index (χ2n) is 5.81. The number of carbonyl (C=O) groups excluding carboxylic acids is 1. The summed E-state index contributed by atoms with van der Waals surface area (Å²) in [5.74, 6) is 0.942. The molecular weight excluding hydrogens is 276 g/mol. The summed E-state index contributed by atoms with van der Waals surface area (Å²) in [6.07, 6.45) is 3.07. The van der Waals surface area contributed by atoms with Crippen LogP contribution in [0, 0.1) is 19.8 Å². The van der Waals surface area contributed by atoms with Gasteiger partial charge in [-0.05, 0) is 43.0 Å². The van der Waals surface area contributed by atoms with E-state index in [9.17, 15) is 4.79 Å². The fourth-order valence-corrected chi connectivity index (χ4v) is 1.86. The molecule has 116 valence electrons. The lowest BCUT2D eigenvalue weighted by Crippen LogP contribution is -2.15. The maximum Gasteiger partial charge on any atom is 0.275 e. The molecule has 1 aromatic heterocycles. The number of aromatic nitrogens is 2. The quantitative estimate of drug-likeness (QED) is 0.887. The van der Waals surface area contributed by atoms with Crippen molar-refractivity contribution in [3.8, 4) is 0 Å². The molecule has 1 amide bonds. The molecule has 0 radical (unpaired) electrons. The molecule has 0 fully saturated rings. The van der Waals surface area contributed by atoms with Crippen molar-refractivity contribution in [3.63, 3.8) is 0 Å². The first kappa shape index (κ1) is 15.9. The van der Waals surface area contributed by atoms with Crippen molar-refractivity contribution < 1.29 is 4.79 Å². The minimum atomic E-state index is -0.258. The number of amides is 1. The molecule has 0 spiro atoms. The van der Waals surface area contributed by atoms with Crippen LogP contribution in [0.15, 0.2) is 30.6 Å². The smallest absolute Gasteiger partial charge is 0.275 e. The van der Waals surface area contributed by atoms with Crippen LogP contribution < -0.4 is 10.6 Å². The molecule has 0 aliphatic heterocycles. The van der Waals surface area contributed by atoms with Crippen LogP contribution >= 0.6 is 0 Å². The van der Waals surface area contributed by atoms with Gasteiger partial charge in [-0.2, -0.15) is 0 Å². The van der Waals surface area contributed by atoms with Crippen LogP contribution in [0.5, 0.6) is 0 Å². The molecule has 2 aromatic rings. The Hall–Kier alpha value is -2.43. The molecule has 0 atom stereocenters. The maximum atomic E-state index is 12.2. The third kappa shape index (κ3) is 4.28. The van der Waals surface area contributed by atoms with Crippen LogP contribution in [-0.2, 0) is 0 Å². The molecule has 0 aliphatic carbocycles. The Balaban J connectivity index is 2.01. The Labute approximate surface area is 131 Å². The van der Waals surface area contributed by atoms with Gasteiger partial charge in [0.15, 0.2) is 0 Å². The van der Waals surface area contributed by atoms with Crippen molar-refractivity contribution in [2.75, 3.05) is 17.2 Å². The number of nitrogens with one attached hydrogen (secondary N) is 2. The van der Waals surface area contributed by atoms with Crippen molar-refractivity contribution in [2.24, 2.45) is 5.92 Å². The van der Waals surface area contributed by atoms with Crippen molar-refractivity contribution in [3.05, 3.63) is 47.4 Å². The van der Waals surface area contributed by atoms with E-state index in [1.807, 2.05) is 32.0 Å². The summed E-state index contributed by atoms with van der Waals surface area (Å²) in [6.45, 7) is 9.11. The number of carbonyl (C=O) groups is 1. The van der Waals surface area contributed by atoms with Crippen molar-refractivity contribution >= 4 is 17.4 Å². The second kappa shape index (κ2) is 7.02. The molecule has 5 heteroatoms. The van der Waals surface area contributed by atoms with Crippen LogP contribution in [0.4, 0.5) is 11.5 Å². The number of hydrogen-bond acceptors (Lipinski definition) is 4. The minimum Gasteiger partial charge on any atom is -0.369 e. The topological polar surface area (TPSA) is 66.9 Å². The van der Waals surface area contributed by atoms with Gasteiger partial charge >= 0.3 is 0 Å². The summed E-state index contributed by atoms with van der Waals surface area (Å²) in [5, 5.41) is 6.00. The normalized spacial score (nSPS) is 10.6. The van der Waals surface area contributed by atoms with E-state index in [1.54, 1.807) is 6.20 Å². The highest BCUT2D eigenvalue weighted by Crippen LogP contribution is 2.15. The number of benzene rings is 1. The van der Waals surface area contributed by atoms with Gasteiger partial charge in [0.2, 0.25) is 0 Å². The zero-order valence-corrected chi connectivity index (χ0v) is 13.5. The summed E-state index contributed by atoms with van der Waals surface area (Å²) in [5.41, 5.74) is 3.39. The highest BCUT2D eigenvalue weighted by Gasteiger charge is 2.09. The fraction of sp³-hybridized carbons (Fsp3) is 0.353. The number of anilines is 2. The molecule has 0 saturated heterocycles. The minimum absolute atomic E-state index is 0.258. The van der Waals surface area contributed by atoms with Crippen molar-refractivity contribution in [1.82, 2.24) is 9.97 Å². The van der Waals surface area contributed by atoms with Gasteiger partial charge in [0.05, 0.1) is 12.4 Å². The van der Waals surface area contributed by atoms with Gasteiger partial charge in [-0.1, -0.05) is 19.9 Å². The predicted octanol–water partition coefficient (Wildman–Crippen LogP) is 3.41. The van der Waals surface area contributed by atoms with Gasteiger partial charge in [-0.25, -0.2) is 9.97 Å². The molecule has 1 aromatic carbocycles. The first-order chi connectivity index (χ1) is 10.5. The van der Waals surface area contributed by atoms with Crippen molar-refractivity contribution in [2.45, 2.75) is 27.7 Å². The van der Waals surface area contributed by atoms with E-state index in [1.165, 1.54) is 11.8 Å². The van der Waals surface area contributed by atoms with Crippen LogP contribution in [0.1, 0.15) is 35.5 Å². The van der Waals surface area contributed by atoms with E-state index in [2.05, 4.69) is 34.4 Å². The monoisotopic (exact) mass is 298 g/mol. The van der Waals surface area contributed by atoms with Crippen LogP contribution in [0.2, 0.25) is 0 Å². The Morgan fingerprint density at radius 2 is 1.91 bits per heavy atom. The van der Waals surface area contributed by atoms with Gasteiger partial charge in [-0.15, -0.1) is 0 Å². The average Bonchev–Trinajstić information content (AvgIpc) is 2.49. The van der Waals surface area contributed by atoms with Crippen LogP contribution in [0.25, 0.3) is 0 Å². The van der Waals surface area contributed by atoms with E-state index in [0.29, 0.717) is 17.4 Å². The Bertz CT molecular complexity index is 650. The molecule has 5 nitrogen and oxygen atoms in total. The van der Waals surface area contributed by atoms with E-state index in [-0.39, 0.29) is 5.91 Å². The first-order valence-electron chi connectivity index (χ1n) is 7.40. The first-order valence-corrected chi connectivity index (χ1v) is 7.40. The molecule has 2 N–H and O–H groups in total. The molecule has 0 aliphatic rings. The zero-order chi connectivity index (χ0) is 16.1. The standard InChI is InChI=1S/C17H22N4O/c1-11(2)8-19-16-10-18-15(9-20-16)17(22)21-14-6-5-12(3)13(4)7-14/h5-7,9-11H,8H2,1-4H3,(H,19,20)(H,21,22). The van der Waals surface area contributed by atoms with Crippen molar-refractivity contribution in [1.29, 1.82) is 0 Å². The third-order valence-electron chi connectivity index (χ3n) is 3.34. The highest BCUT2D eigenvalue weighted by molar-refractivity contribution is 6.02.